The van der Waals surface area contributed by atoms with Crippen molar-refractivity contribution >= 4 is 15.7 Å². The molecule has 0 amide bonds. The molecule has 0 unspecified atom stereocenters. The Kier molecular flexibility index (Phi) is 4.46. The molecule has 0 heterocycles. The van der Waals surface area contributed by atoms with E-state index in [1.54, 1.807) is 4.72 Å². The van der Waals surface area contributed by atoms with Gasteiger partial charge in [0.2, 0.25) is 0 Å². The highest BCUT2D eigenvalue weighted by molar-refractivity contribution is 7.92. The van der Waals surface area contributed by atoms with Crippen molar-refractivity contribution in [2.75, 3.05) is 4.72 Å². The van der Waals surface area contributed by atoms with Crippen LogP contribution in [0.2, 0.25) is 0 Å². The van der Waals surface area contributed by atoms with E-state index in [4.69, 9.17) is 0 Å². The fourth-order valence-corrected chi connectivity index (χ4v) is 2.74. The first-order chi connectivity index (χ1) is 10.6. The van der Waals surface area contributed by atoms with Crippen LogP contribution in [0.15, 0.2) is 47.4 Å². The molecule has 0 saturated heterocycles. The zero-order valence-corrected chi connectivity index (χ0v) is 11.9. The van der Waals surface area contributed by atoms with Gasteiger partial charge in [-0.2, -0.15) is 0 Å². The number of alkyl halides is 3. The number of sulfonamides is 1. The van der Waals surface area contributed by atoms with Crippen LogP contribution >= 0.6 is 0 Å². The fourth-order valence-electron chi connectivity index (χ4n) is 1.63. The molecule has 124 valence electrons. The maximum Gasteiger partial charge on any atom is 0.573 e. The Morgan fingerprint density at radius 3 is 2.09 bits per heavy atom. The van der Waals surface area contributed by atoms with Gasteiger partial charge in [-0.05, 0) is 24.3 Å². The summed E-state index contributed by atoms with van der Waals surface area (Å²) in [6.45, 7) is 0. The Morgan fingerprint density at radius 2 is 1.52 bits per heavy atom. The van der Waals surface area contributed by atoms with Gasteiger partial charge in [0, 0.05) is 6.07 Å². The molecule has 2 aromatic rings. The van der Waals surface area contributed by atoms with Gasteiger partial charge in [-0.3, -0.25) is 4.72 Å². The van der Waals surface area contributed by atoms with Crippen LogP contribution in [0.25, 0.3) is 0 Å². The molecule has 0 atom stereocenters. The SMILES string of the molecule is O=S(=O)(Nc1c(F)cccc1F)c1cccc(OC(F)(F)F)c1. The molecule has 23 heavy (non-hydrogen) atoms. The summed E-state index contributed by atoms with van der Waals surface area (Å²) < 4.78 is 92.6. The molecule has 0 radical (unpaired) electrons. The highest BCUT2D eigenvalue weighted by Crippen LogP contribution is 2.27. The normalized spacial score (nSPS) is 12.0. The Balaban J connectivity index is 2.35. The van der Waals surface area contributed by atoms with E-state index in [9.17, 15) is 30.4 Å². The Labute approximate surface area is 127 Å². The molecule has 0 saturated carbocycles. The van der Waals surface area contributed by atoms with Gasteiger partial charge in [0.1, 0.15) is 23.1 Å². The molecule has 0 aliphatic rings. The zero-order valence-electron chi connectivity index (χ0n) is 11.1. The molecule has 4 nitrogen and oxygen atoms in total. The molecule has 1 N–H and O–H groups in total. The Morgan fingerprint density at radius 1 is 0.957 bits per heavy atom. The van der Waals surface area contributed by atoms with Crippen LogP contribution in [-0.2, 0) is 10.0 Å². The van der Waals surface area contributed by atoms with E-state index in [1.165, 1.54) is 0 Å². The summed E-state index contributed by atoms with van der Waals surface area (Å²) in [4.78, 5) is -0.651. The van der Waals surface area contributed by atoms with Gasteiger partial charge in [-0.1, -0.05) is 12.1 Å². The quantitative estimate of drug-likeness (QED) is 0.854. The number of hydrogen-bond acceptors (Lipinski definition) is 3. The average molecular weight is 353 g/mol. The molecule has 0 aliphatic heterocycles. The van der Waals surface area contributed by atoms with Gasteiger partial charge in [0.15, 0.2) is 0 Å². The van der Waals surface area contributed by atoms with E-state index in [-0.39, 0.29) is 0 Å². The second-order valence-corrected chi connectivity index (χ2v) is 5.91. The van der Waals surface area contributed by atoms with Crippen molar-refractivity contribution in [1.82, 2.24) is 0 Å². The topological polar surface area (TPSA) is 55.4 Å². The van der Waals surface area contributed by atoms with Crippen molar-refractivity contribution in [3.8, 4) is 5.75 Å². The zero-order chi connectivity index (χ0) is 17.3. The van der Waals surface area contributed by atoms with Crippen LogP contribution in [0.3, 0.4) is 0 Å². The molecule has 10 heteroatoms. The van der Waals surface area contributed by atoms with E-state index in [2.05, 4.69) is 4.74 Å². The van der Waals surface area contributed by atoms with Crippen molar-refractivity contribution in [3.63, 3.8) is 0 Å². The van der Waals surface area contributed by atoms with E-state index in [0.717, 1.165) is 36.4 Å². The highest BCUT2D eigenvalue weighted by Gasteiger charge is 2.31. The third-order valence-corrected chi connectivity index (χ3v) is 3.90. The minimum Gasteiger partial charge on any atom is -0.406 e. The van der Waals surface area contributed by atoms with Crippen molar-refractivity contribution in [2.24, 2.45) is 0 Å². The van der Waals surface area contributed by atoms with Gasteiger partial charge in [-0.25, -0.2) is 17.2 Å². The van der Waals surface area contributed by atoms with Crippen LogP contribution in [0.4, 0.5) is 27.6 Å². The Bertz CT molecular complexity index is 800. The molecule has 0 spiro atoms. The summed E-state index contributed by atoms with van der Waals surface area (Å²) in [6, 6.07) is 6.08. The maximum atomic E-state index is 13.5. The maximum absolute atomic E-state index is 13.5. The third-order valence-electron chi connectivity index (χ3n) is 2.55. The number of benzene rings is 2. The lowest BCUT2D eigenvalue weighted by atomic mass is 10.3. The molecule has 2 rings (SSSR count). The molecule has 0 bridgehead atoms. The van der Waals surface area contributed by atoms with Gasteiger partial charge in [0.05, 0.1) is 4.90 Å². The van der Waals surface area contributed by atoms with Gasteiger partial charge in [0.25, 0.3) is 10.0 Å². The molecule has 0 aromatic heterocycles. The molecular weight excluding hydrogens is 345 g/mol. The predicted octanol–water partition coefficient (Wildman–Crippen LogP) is 3.66. The molecule has 0 fully saturated rings. The second kappa shape index (κ2) is 6.03. The number of hydrogen-bond donors (Lipinski definition) is 1. The van der Waals surface area contributed by atoms with Crippen molar-refractivity contribution in [1.29, 1.82) is 0 Å². The van der Waals surface area contributed by atoms with Crippen LogP contribution in [0.5, 0.6) is 5.75 Å². The number of para-hydroxylation sites is 1. The predicted molar refractivity (Wildman–Crippen MR) is 70.3 cm³/mol. The van der Waals surface area contributed by atoms with Gasteiger partial charge < -0.3 is 4.74 Å². The first kappa shape index (κ1) is 17.0. The number of rotatable bonds is 4. The minimum atomic E-state index is -5.01. The summed E-state index contributed by atoms with van der Waals surface area (Å²) in [5.74, 6) is -3.12. The largest absolute Gasteiger partial charge is 0.573 e. The third kappa shape index (κ3) is 4.31. The summed E-state index contributed by atoms with van der Waals surface area (Å²) in [5.41, 5.74) is -0.936. The average Bonchev–Trinajstić information content (AvgIpc) is 2.41. The minimum absolute atomic E-state index is 0.578. The fraction of sp³-hybridized carbons (Fsp3) is 0.0769. The first-order valence-electron chi connectivity index (χ1n) is 5.91. The van der Waals surface area contributed by atoms with Gasteiger partial charge in [-0.15, -0.1) is 13.2 Å². The molecular formula is C13H8F5NO3S. The van der Waals surface area contributed by atoms with Crippen LogP contribution < -0.4 is 9.46 Å². The van der Waals surface area contributed by atoms with Crippen molar-refractivity contribution in [3.05, 3.63) is 54.1 Å². The van der Waals surface area contributed by atoms with E-state index >= 15 is 0 Å². The number of nitrogens with one attached hydrogen (secondary N) is 1. The highest BCUT2D eigenvalue weighted by atomic mass is 32.2. The molecule has 0 aliphatic carbocycles. The number of ether oxygens (including phenoxy) is 1. The smallest absolute Gasteiger partial charge is 0.406 e. The van der Waals surface area contributed by atoms with Crippen LogP contribution in [-0.4, -0.2) is 14.8 Å². The Hall–Kier alpha value is -2.36. The van der Waals surface area contributed by atoms with Gasteiger partial charge >= 0.3 is 6.36 Å². The van der Waals surface area contributed by atoms with E-state index < -0.39 is 44.4 Å². The summed E-state index contributed by atoms with van der Waals surface area (Å²) in [5, 5.41) is 0. The number of halogens is 5. The van der Waals surface area contributed by atoms with Crippen molar-refractivity contribution < 1.29 is 35.1 Å². The van der Waals surface area contributed by atoms with E-state index in [0.29, 0.717) is 6.07 Å². The number of anilines is 1. The lowest BCUT2D eigenvalue weighted by Gasteiger charge is -2.12. The lowest BCUT2D eigenvalue weighted by Crippen LogP contribution is -2.18. The summed E-state index contributed by atoms with van der Waals surface area (Å²) in [6.07, 6.45) is -5.01. The summed E-state index contributed by atoms with van der Waals surface area (Å²) in [7, 11) is -4.51. The van der Waals surface area contributed by atoms with Crippen LogP contribution in [0.1, 0.15) is 0 Å². The monoisotopic (exact) mass is 353 g/mol. The standard InChI is InChI=1S/C13H8F5NO3S/c14-10-5-2-6-11(15)12(10)19-23(20,21)9-4-1-3-8(7-9)22-13(16,17)18/h1-7,19H. The van der Waals surface area contributed by atoms with Crippen molar-refractivity contribution in [2.45, 2.75) is 11.3 Å². The summed E-state index contributed by atoms with van der Waals surface area (Å²) >= 11 is 0. The van der Waals surface area contributed by atoms with E-state index in [1.807, 2.05) is 0 Å². The van der Waals surface area contributed by atoms with Crippen LogP contribution in [0, 0.1) is 11.6 Å². The first-order valence-corrected chi connectivity index (χ1v) is 7.39. The second-order valence-electron chi connectivity index (χ2n) is 4.22. The lowest BCUT2D eigenvalue weighted by molar-refractivity contribution is -0.274. The molecule has 2 aromatic carbocycles.